The molecule has 0 radical (unpaired) electrons. The molecule has 1 aliphatic rings. The van der Waals surface area contributed by atoms with E-state index in [4.69, 9.17) is 0 Å². The van der Waals surface area contributed by atoms with E-state index in [1.54, 1.807) is 9.80 Å². The van der Waals surface area contributed by atoms with Crippen molar-refractivity contribution in [1.29, 1.82) is 0 Å². The number of piperazine rings is 1. The third-order valence-corrected chi connectivity index (χ3v) is 5.11. The van der Waals surface area contributed by atoms with Crippen LogP contribution < -0.4 is 5.32 Å². The first-order valence-electron chi connectivity index (χ1n) is 9.75. The highest BCUT2D eigenvalue weighted by Crippen LogP contribution is 2.18. The number of carbonyl (C=O) groups is 3. The number of hydrogen-bond acceptors (Lipinski definition) is 3. The van der Waals surface area contributed by atoms with Crippen LogP contribution in [0.3, 0.4) is 0 Å². The van der Waals surface area contributed by atoms with Gasteiger partial charge in [0.25, 0.3) is 0 Å². The fourth-order valence-corrected chi connectivity index (χ4v) is 3.51. The fraction of sp³-hybridized carbons (Fsp3) is 0.409. The predicted molar refractivity (Wildman–Crippen MR) is 109 cm³/mol. The monoisotopic (exact) mass is 381 g/mol. The number of benzene rings is 2. The molecule has 1 saturated heterocycles. The van der Waals surface area contributed by atoms with E-state index < -0.39 is 0 Å². The number of amides is 3. The molecule has 0 aromatic heterocycles. The molecule has 0 atom stereocenters. The summed E-state index contributed by atoms with van der Waals surface area (Å²) in [6, 6.07) is 13.8. The smallest absolute Gasteiger partial charge is 0.242 e. The van der Waals surface area contributed by atoms with Crippen molar-refractivity contribution >= 4 is 28.5 Å². The normalized spacial score (nSPS) is 14.4. The van der Waals surface area contributed by atoms with Gasteiger partial charge in [0.2, 0.25) is 17.7 Å². The van der Waals surface area contributed by atoms with E-state index in [1.165, 1.54) is 0 Å². The molecule has 0 bridgehead atoms. The van der Waals surface area contributed by atoms with Crippen LogP contribution in [-0.2, 0) is 20.8 Å². The van der Waals surface area contributed by atoms with Crippen molar-refractivity contribution in [3.05, 3.63) is 48.0 Å². The van der Waals surface area contributed by atoms with Crippen LogP contribution in [0.2, 0.25) is 0 Å². The lowest BCUT2D eigenvalue weighted by Crippen LogP contribution is -2.53. The molecule has 6 heteroatoms. The van der Waals surface area contributed by atoms with Gasteiger partial charge in [0.1, 0.15) is 0 Å². The lowest BCUT2D eigenvalue weighted by atomic mass is 10.0. The minimum atomic E-state index is -0.168. The van der Waals surface area contributed by atoms with Gasteiger partial charge in [0.15, 0.2) is 0 Å². The molecule has 1 fully saturated rings. The van der Waals surface area contributed by atoms with Gasteiger partial charge in [-0.15, -0.1) is 0 Å². The fourth-order valence-electron chi connectivity index (χ4n) is 3.51. The lowest BCUT2D eigenvalue weighted by molar-refractivity contribution is -0.141. The van der Waals surface area contributed by atoms with E-state index >= 15 is 0 Å². The zero-order chi connectivity index (χ0) is 20.1. The molecule has 6 nitrogen and oxygen atoms in total. The molecule has 0 unspecified atom stereocenters. The minimum Gasteiger partial charge on any atom is -0.347 e. The second-order valence-electron chi connectivity index (χ2n) is 7.45. The average Bonchev–Trinajstić information content (AvgIpc) is 2.72. The maximum Gasteiger partial charge on any atom is 0.242 e. The molecule has 3 rings (SSSR count). The van der Waals surface area contributed by atoms with Gasteiger partial charge < -0.3 is 15.1 Å². The summed E-state index contributed by atoms with van der Waals surface area (Å²) in [5.74, 6) is -0.188. The zero-order valence-corrected chi connectivity index (χ0v) is 16.5. The molecule has 3 amide bonds. The maximum absolute atomic E-state index is 12.4. The first kappa shape index (κ1) is 19.9. The van der Waals surface area contributed by atoms with Gasteiger partial charge in [0, 0.05) is 32.1 Å². The number of nitrogens with zero attached hydrogens (tertiary/aromatic N) is 2. The third-order valence-electron chi connectivity index (χ3n) is 5.11. The SMILES string of the molecule is CC(C)C(=O)N1CCN(C(=O)CNC(=O)Cc2cccc3ccccc23)CC1. The number of hydrogen-bond donors (Lipinski definition) is 1. The Bertz CT molecular complexity index is 865. The molecule has 1 heterocycles. The molecule has 2 aromatic carbocycles. The molecular weight excluding hydrogens is 354 g/mol. The summed E-state index contributed by atoms with van der Waals surface area (Å²) in [5.41, 5.74) is 0.948. The molecular formula is C22H27N3O3. The Labute approximate surface area is 165 Å². The topological polar surface area (TPSA) is 69.7 Å². The Balaban J connectivity index is 1.48. The molecule has 2 aromatic rings. The van der Waals surface area contributed by atoms with E-state index in [0.717, 1.165) is 16.3 Å². The van der Waals surface area contributed by atoms with Gasteiger partial charge >= 0.3 is 0 Å². The summed E-state index contributed by atoms with van der Waals surface area (Å²) >= 11 is 0. The second kappa shape index (κ2) is 8.87. The van der Waals surface area contributed by atoms with Crippen LogP contribution in [0.5, 0.6) is 0 Å². The molecule has 148 valence electrons. The van der Waals surface area contributed by atoms with Gasteiger partial charge in [-0.3, -0.25) is 14.4 Å². The molecule has 1 aliphatic heterocycles. The van der Waals surface area contributed by atoms with Crippen LogP contribution in [-0.4, -0.2) is 60.2 Å². The molecule has 0 aliphatic carbocycles. The highest BCUT2D eigenvalue weighted by atomic mass is 16.2. The van der Waals surface area contributed by atoms with Crippen LogP contribution in [0, 0.1) is 5.92 Å². The molecule has 0 spiro atoms. The Morgan fingerprint density at radius 2 is 1.57 bits per heavy atom. The van der Waals surface area contributed by atoms with E-state index in [0.29, 0.717) is 26.2 Å². The number of carbonyl (C=O) groups excluding carboxylic acids is 3. The van der Waals surface area contributed by atoms with Crippen LogP contribution in [0.15, 0.2) is 42.5 Å². The predicted octanol–water partition coefficient (Wildman–Crippen LogP) is 1.83. The van der Waals surface area contributed by atoms with Gasteiger partial charge in [0.05, 0.1) is 13.0 Å². The van der Waals surface area contributed by atoms with Crippen LogP contribution in [0.1, 0.15) is 19.4 Å². The van der Waals surface area contributed by atoms with Crippen molar-refractivity contribution in [1.82, 2.24) is 15.1 Å². The van der Waals surface area contributed by atoms with Crippen molar-refractivity contribution in [2.24, 2.45) is 5.92 Å². The highest BCUT2D eigenvalue weighted by molar-refractivity contribution is 5.91. The Morgan fingerprint density at radius 1 is 0.929 bits per heavy atom. The van der Waals surface area contributed by atoms with Crippen LogP contribution in [0.25, 0.3) is 10.8 Å². The first-order valence-corrected chi connectivity index (χ1v) is 9.75. The number of rotatable bonds is 5. The van der Waals surface area contributed by atoms with Crippen LogP contribution >= 0.6 is 0 Å². The van der Waals surface area contributed by atoms with Gasteiger partial charge in [-0.2, -0.15) is 0 Å². The zero-order valence-electron chi connectivity index (χ0n) is 16.5. The van der Waals surface area contributed by atoms with Crippen molar-refractivity contribution in [3.63, 3.8) is 0 Å². The average molecular weight is 381 g/mol. The van der Waals surface area contributed by atoms with E-state index in [1.807, 2.05) is 56.3 Å². The first-order chi connectivity index (χ1) is 13.5. The van der Waals surface area contributed by atoms with Gasteiger partial charge in [-0.05, 0) is 16.3 Å². The molecule has 1 N–H and O–H groups in total. The lowest BCUT2D eigenvalue weighted by Gasteiger charge is -2.35. The molecule has 28 heavy (non-hydrogen) atoms. The van der Waals surface area contributed by atoms with Crippen molar-refractivity contribution < 1.29 is 14.4 Å². The Kier molecular flexibility index (Phi) is 6.29. The summed E-state index contributed by atoms with van der Waals surface area (Å²) in [5, 5.41) is 4.88. The molecule has 0 saturated carbocycles. The highest BCUT2D eigenvalue weighted by Gasteiger charge is 2.25. The summed E-state index contributed by atoms with van der Waals surface area (Å²) < 4.78 is 0. The standard InChI is InChI=1S/C22H27N3O3/c1-16(2)22(28)25-12-10-24(11-13-25)21(27)15-23-20(26)14-18-8-5-7-17-6-3-4-9-19(17)18/h3-9,16H,10-15H2,1-2H3,(H,23,26). The Morgan fingerprint density at radius 3 is 2.29 bits per heavy atom. The van der Waals surface area contributed by atoms with Gasteiger partial charge in [-0.1, -0.05) is 56.3 Å². The summed E-state index contributed by atoms with van der Waals surface area (Å²) in [4.78, 5) is 40.2. The van der Waals surface area contributed by atoms with Gasteiger partial charge in [-0.25, -0.2) is 0 Å². The van der Waals surface area contributed by atoms with Crippen LogP contribution in [0.4, 0.5) is 0 Å². The van der Waals surface area contributed by atoms with E-state index in [-0.39, 0.29) is 36.6 Å². The Hall–Kier alpha value is -2.89. The number of fused-ring (bicyclic) bond motifs is 1. The largest absolute Gasteiger partial charge is 0.347 e. The third kappa shape index (κ3) is 4.68. The second-order valence-corrected chi connectivity index (χ2v) is 7.45. The van der Waals surface area contributed by atoms with E-state index in [2.05, 4.69) is 5.32 Å². The quantitative estimate of drug-likeness (QED) is 0.859. The van der Waals surface area contributed by atoms with E-state index in [9.17, 15) is 14.4 Å². The maximum atomic E-state index is 12.4. The summed E-state index contributed by atoms with van der Waals surface area (Å²) in [7, 11) is 0. The number of nitrogens with one attached hydrogen (secondary N) is 1. The summed E-state index contributed by atoms with van der Waals surface area (Å²) in [6.07, 6.45) is 0.241. The van der Waals surface area contributed by atoms with Crippen molar-refractivity contribution in [2.45, 2.75) is 20.3 Å². The van der Waals surface area contributed by atoms with Crippen molar-refractivity contribution in [3.8, 4) is 0 Å². The van der Waals surface area contributed by atoms with Crippen molar-refractivity contribution in [2.75, 3.05) is 32.7 Å². The summed E-state index contributed by atoms with van der Waals surface area (Å²) in [6.45, 7) is 5.87. The minimum absolute atomic E-state index is 0.0122.